The zero-order valence-corrected chi connectivity index (χ0v) is 17.5. The van der Waals surface area contributed by atoms with E-state index in [0.717, 1.165) is 18.5 Å². The van der Waals surface area contributed by atoms with Crippen LogP contribution in [0.5, 0.6) is 0 Å². The molecular formula is C23H31N3O2. The number of hydrogen-bond acceptors (Lipinski definition) is 3. The summed E-state index contributed by atoms with van der Waals surface area (Å²) in [4.78, 5) is 10.7. The second-order valence-electron chi connectivity index (χ2n) is 8.20. The average Bonchev–Trinajstić information content (AvgIpc) is 3.09. The van der Waals surface area contributed by atoms with Crippen molar-refractivity contribution in [3.8, 4) is 0 Å². The highest BCUT2D eigenvalue weighted by molar-refractivity contribution is 5.81. The largest absolute Gasteiger partial charge is 0.478 e. The minimum absolute atomic E-state index is 0.154. The Morgan fingerprint density at radius 3 is 2.57 bits per heavy atom. The van der Waals surface area contributed by atoms with E-state index >= 15 is 0 Å². The number of aliphatic carboxylic acids is 1. The third-order valence-corrected chi connectivity index (χ3v) is 5.36. The van der Waals surface area contributed by atoms with Crippen molar-refractivity contribution >= 4 is 5.97 Å². The number of carbonyl (C=O) groups is 1. The fourth-order valence-electron chi connectivity index (χ4n) is 3.66. The van der Waals surface area contributed by atoms with Crippen LogP contribution in [0.15, 0.2) is 71.4 Å². The van der Waals surface area contributed by atoms with Gasteiger partial charge in [0.1, 0.15) is 12.7 Å². The molecule has 1 aromatic rings. The van der Waals surface area contributed by atoms with E-state index in [1.165, 1.54) is 23.6 Å². The molecule has 1 unspecified atom stereocenters. The van der Waals surface area contributed by atoms with Crippen molar-refractivity contribution in [2.75, 3.05) is 0 Å². The lowest BCUT2D eigenvalue weighted by Gasteiger charge is -2.37. The van der Waals surface area contributed by atoms with E-state index in [-0.39, 0.29) is 5.41 Å². The quantitative estimate of drug-likeness (QED) is 0.526. The number of rotatable bonds is 7. The second kappa shape index (κ2) is 9.49. The Morgan fingerprint density at radius 2 is 1.93 bits per heavy atom. The van der Waals surface area contributed by atoms with Crippen LogP contribution < -0.4 is 0 Å². The Balaban J connectivity index is 2.16. The topological polar surface area (TPSA) is 68.0 Å². The second-order valence-corrected chi connectivity index (χ2v) is 8.20. The van der Waals surface area contributed by atoms with E-state index in [0.29, 0.717) is 11.5 Å². The Labute approximate surface area is 167 Å². The first-order chi connectivity index (χ1) is 13.2. The van der Waals surface area contributed by atoms with Gasteiger partial charge < -0.3 is 9.67 Å². The van der Waals surface area contributed by atoms with E-state index < -0.39 is 5.97 Å². The number of aromatic nitrogens is 3. The summed E-state index contributed by atoms with van der Waals surface area (Å²) in [5.74, 6) is -0.428. The summed E-state index contributed by atoms with van der Waals surface area (Å²) in [5.41, 5.74) is 4.82. The molecule has 0 saturated carbocycles. The predicted octanol–water partition coefficient (Wildman–Crippen LogP) is 5.12. The number of hydrogen-bond donors (Lipinski definition) is 1. The lowest BCUT2D eigenvalue weighted by molar-refractivity contribution is -0.131. The Bertz CT molecular complexity index is 837. The van der Waals surface area contributed by atoms with Gasteiger partial charge in [-0.25, -0.2) is 4.79 Å². The van der Waals surface area contributed by atoms with Gasteiger partial charge in [-0.05, 0) is 56.1 Å². The molecule has 5 nitrogen and oxygen atoms in total. The number of allylic oxidation sites excluding steroid dienone is 9. The first-order valence-corrected chi connectivity index (χ1v) is 9.67. The lowest BCUT2D eigenvalue weighted by Crippen LogP contribution is -2.26. The summed E-state index contributed by atoms with van der Waals surface area (Å²) in [5, 5.41) is 16.6. The van der Waals surface area contributed by atoms with Crippen molar-refractivity contribution < 1.29 is 9.90 Å². The third kappa shape index (κ3) is 6.19. The number of carboxylic acids is 1. The molecule has 0 aliphatic heterocycles. The Kier molecular flexibility index (Phi) is 7.32. The lowest BCUT2D eigenvalue weighted by atomic mass is 9.68. The first kappa shape index (κ1) is 21.6. The van der Waals surface area contributed by atoms with Crippen LogP contribution in [-0.2, 0) is 11.3 Å². The summed E-state index contributed by atoms with van der Waals surface area (Å²) < 4.78 is 2.05. The van der Waals surface area contributed by atoms with Gasteiger partial charge in [-0.1, -0.05) is 55.4 Å². The van der Waals surface area contributed by atoms with Gasteiger partial charge in [0.25, 0.3) is 0 Å². The fraction of sp³-hybridized carbons (Fsp3) is 0.435. The molecule has 1 atom stereocenters. The van der Waals surface area contributed by atoms with Crippen LogP contribution in [0.1, 0.15) is 47.5 Å². The Hall–Kier alpha value is -2.69. The maximum Gasteiger partial charge on any atom is 0.328 e. The minimum Gasteiger partial charge on any atom is -0.478 e. The standard InChI is InChI=1S/C23H31N3O2/c1-17(7-6-8-18(2)13-22(27)28)9-10-21-19(3)20(11-12-23(21,4)5)14-26-15-24-25-16-26/h6-10,13,15-16,20H,11-12,14H2,1-5H3,(H,27,28). The average molecular weight is 382 g/mol. The number of carboxylic acid groups (broad SMARTS) is 1. The monoisotopic (exact) mass is 381 g/mol. The van der Waals surface area contributed by atoms with Crippen molar-refractivity contribution in [3.63, 3.8) is 0 Å². The normalized spacial score (nSPS) is 21.1. The molecule has 1 N–H and O–H groups in total. The van der Waals surface area contributed by atoms with Crippen LogP contribution in [0.3, 0.4) is 0 Å². The van der Waals surface area contributed by atoms with Gasteiger partial charge >= 0.3 is 5.97 Å². The molecule has 1 aromatic heterocycles. The highest BCUT2D eigenvalue weighted by atomic mass is 16.4. The van der Waals surface area contributed by atoms with Gasteiger partial charge in [0.2, 0.25) is 0 Å². The van der Waals surface area contributed by atoms with E-state index in [2.05, 4.69) is 54.6 Å². The van der Waals surface area contributed by atoms with Gasteiger partial charge in [0.05, 0.1) is 0 Å². The van der Waals surface area contributed by atoms with Crippen molar-refractivity contribution in [1.82, 2.24) is 14.8 Å². The molecule has 0 radical (unpaired) electrons. The number of nitrogens with zero attached hydrogens (tertiary/aromatic N) is 3. The zero-order valence-electron chi connectivity index (χ0n) is 17.5. The van der Waals surface area contributed by atoms with E-state index in [1.807, 2.05) is 12.2 Å². The molecule has 5 heteroatoms. The van der Waals surface area contributed by atoms with Gasteiger partial charge in [-0.2, -0.15) is 0 Å². The van der Waals surface area contributed by atoms with Crippen molar-refractivity contribution in [2.24, 2.45) is 11.3 Å². The molecule has 1 heterocycles. The van der Waals surface area contributed by atoms with E-state index in [1.54, 1.807) is 25.7 Å². The van der Waals surface area contributed by atoms with Crippen LogP contribution in [0, 0.1) is 11.3 Å². The SMILES string of the molecule is CC(C=CC1=C(C)C(Cn2cnnc2)CCC1(C)C)=CC=CC(C)=CC(=O)O. The summed E-state index contributed by atoms with van der Waals surface area (Å²) in [6, 6.07) is 0. The van der Waals surface area contributed by atoms with Crippen molar-refractivity contribution in [1.29, 1.82) is 0 Å². The molecule has 1 aliphatic rings. The fourth-order valence-corrected chi connectivity index (χ4v) is 3.66. The minimum atomic E-state index is -0.925. The molecular weight excluding hydrogens is 350 g/mol. The summed E-state index contributed by atoms with van der Waals surface area (Å²) >= 11 is 0. The summed E-state index contributed by atoms with van der Waals surface area (Å²) in [6.07, 6.45) is 17.1. The summed E-state index contributed by atoms with van der Waals surface area (Å²) in [7, 11) is 0. The molecule has 0 amide bonds. The van der Waals surface area contributed by atoms with Crippen molar-refractivity contribution in [3.05, 3.63) is 71.4 Å². The van der Waals surface area contributed by atoms with Crippen LogP contribution in [-0.4, -0.2) is 25.8 Å². The molecule has 150 valence electrons. The van der Waals surface area contributed by atoms with Crippen LogP contribution in [0.2, 0.25) is 0 Å². The van der Waals surface area contributed by atoms with Crippen LogP contribution in [0.4, 0.5) is 0 Å². The summed E-state index contributed by atoms with van der Waals surface area (Å²) in [6.45, 7) is 11.6. The van der Waals surface area contributed by atoms with Crippen LogP contribution in [0.25, 0.3) is 0 Å². The first-order valence-electron chi connectivity index (χ1n) is 9.67. The maximum absolute atomic E-state index is 10.7. The van der Waals surface area contributed by atoms with Crippen LogP contribution >= 0.6 is 0 Å². The molecule has 1 aliphatic carbocycles. The molecule has 0 fully saturated rings. The van der Waals surface area contributed by atoms with Crippen molar-refractivity contribution in [2.45, 2.75) is 54.0 Å². The molecule has 0 aromatic carbocycles. The molecule has 0 saturated heterocycles. The molecule has 2 rings (SSSR count). The Morgan fingerprint density at radius 1 is 1.25 bits per heavy atom. The van der Waals surface area contributed by atoms with Gasteiger partial charge in [0.15, 0.2) is 0 Å². The molecule has 28 heavy (non-hydrogen) atoms. The van der Waals surface area contributed by atoms with E-state index in [4.69, 9.17) is 5.11 Å². The van der Waals surface area contributed by atoms with Gasteiger partial charge in [0, 0.05) is 12.6 Å². The highest BCUT2D eigenvalue weighted by Crippen LogP contribution is 2.44. The zero-order chi connectivity index (χ0) is 20.7. The van der Waals surface area contributed by atoms with Gasteiger partial charge in [-0.3, -0.25) is 0 Å². The predicted molar refractivity (Wildman–Crippen MR) is 113 cm³/mol. The highest BCUT2D eigenvalue weighted by Gasteiger charge is 2.31. The third-order valence-electron chi connectivity index (χ3n) is 5.36. The van der Waals surface area contributed by atoms with E-state index in [9.17, 15) is 4.79 Å². The smallest absolute Gasteiger partial charge is 0.328 e. The molecule has 0 bridgehead atoms. The van der Waals surface area contributed by atoms with Gasteiger partial charge in [-0.15, -0.1) is 10.2 Å². The molecule has 0 spiro atoms. The maximum atomic E-state index is 10.7.